The average molecular weight is 397 g/mol. The van der Waals surface area contributed by atoms with Gasteiger partial charge in [0.1, 0.15) is 0 Å². The van der Waals surface area contributed by atoms with Gasteiger partial charge in [-0.2, -0.15) is 0 Å². The van der Waals surface area contributed by atoms with Crippen LogP contribution in [0, 0.1) is 0 Å². The van der Waals surface area contributed by atoms with Gasteiger partial charge in [-0.1, -0.05) is 76.3 Å². The Hall–Kier alpha value is -1.55. The molecule has 1 atom stereocenters. The molecule has 0 N–H and O–H groups in total. The van der Waals surface area contributed by atoms with Crippen molar-refractivity contribution in [2.45, 2.75) is 84.2 Å². The van der Waals surface area contributed by atoms with Crippen LogP contribution in [0.15, 0.2) is 24.3 Å². The van der Waals surface area contributed by atoms with Gasteiger partial charge < -0.3 is 9.47 Å². The van der Waals surface area contributed by atoms with Crippen molar-refractivity contribution in [3.63, 3.8) is 0 Å². The molecule has 0 heterocycles. The zero-order valence-electron chi connectivity index (χ0n) is 16.7. The van der Waals surface area contributed by atoms with Gasteiger partial charge in [-0.05, 0) is 37.6 Å². The Morgan fingerprint density at radius 2 is 1.41 bits per heavy atom. The van der Waals surface area contributed by atoms with Crippen molar-refractivity contribution in [1.29, 1.82) is 0 Å². The number of hydrogen-bond acceptors (Lipinski definition) is 4. The predicted molar refractivity (Wildman–Crippen MR) is 109 cm³/mol. The highest BCUT2D eigenvalue weighted by Crippen LogP contribution is 2.12. The molecule has 0 fully saturated rings. The normalized spacial score (nSPS) is 11.8. The smallest absolute Gasteiger partial charge is 0.347 e. The van der Waals surface area contributed by atoms with Crippen LogP contribution >= 0.6 is 11.6 Å². The number of hydrogen-bond donors (Lipinski definition) is 0. The van der Waals surface area contributed by atoms with Crippen molar-refractivity contribution in [2.24, 2.45) is 0 Å². The summed E-state index contributed by atoms with van der Waals surface area (Å²) in [4.78, 5) is 23.9. The monoisotopic (exact) mass is 396 g/mol. The minimum atomic E-state index is -0.920. The first-order valence-corrected chi connectivity index (χ1v) is 10.6. The summed E-state index contributed by atoms with van der Waals surface area (Å²) in [5, 5.41) is 0.538. The quantitative estimate of drug-likeness (QED) is 0.271. The number of unbranched alkanes of at least 4 members (excludes halogenated alkanes) is 9. The maximum Gasteiger partial charge on any atom is 0.347 e. The van der Waals surface area contributed by atoms with Crippen LogP contribution < -0.4 is 0 Å². The first-order chi connectivity index (χ1) is 13.0. The van der Waals surface area contributed by atoms with Gasteiger partial charge in [0.2, 0.25) is 0 Å². The lowest BCUT2D eigenvalue weighted by atomic mass is 10.1. The van der Waals surface area contributed by atoms with Gasteiger partial charge in [-0.3, -0.25) is 0 Å². The van der Waals surface area contributed by atoms with Crippen molar-refractivity contribution in [3.05, 3.63) is 34.9 Å². The molecule has 5 heteroatoms. The molecule has 152 valence electrons. The Morgan fingerprint density at radius 3 is 1.96 bits per heavy atom. The topological polar surface area (TPSA) is 52.6 Å². The molecular weight excluding hydrogens is 364 g/mol. The van der Waals surface area contributed by atoms with Gasteiger partial charge >= 0.3 is 11.9 Å². The van der Waals surface area contributed by atoms with E-state index in [0.29, 0.717) is 17.2 Å². The third kappa shape index (κ3) is 11.0. The van der Waals surface area contributed by atoms with E-state index in [4.69, 9.17) is 21.1 Å². The number of rotatable bonds is 14. The van der Waals surface area contributed by atoms with Crippen LogP contribution in [0.3, 0.4) is 0 Å². The molecule has 1 aromatic rings. The molecule has 0 spiro atoms. The van der Waals surface area contributed by atoms with Crippen LogP contribution in [0.4, 0.5) is 0 Å². The lowest BCUT2D eigenvalue weighted by molar-refractivity contribution is -0.153. The fraction of sp³-hybridized carbons (Fsp3) is 0.636. The maximum absolute atomic E-state index is 12.0. The molecule has 0 aromatic heterocycles. The SMILES string of the molecule is CCCCCCCCCCCCOC(=O)C(C)OC(=O)c1ccc(Cl)cc1. The summed E-state index contributed by atoms with van der Waals surface area (Å²) >= 11 is 5.78. The fourth-order valence-electron chi connectivity index (χ4n) is 2.74. The Bertz CT molecular complexity index is 542. The standard InChI is InChI=1S/C22H33ClO4/c1-3-4-5-6-7-8-9-10-11-12-17-26-21(24)18(2)27-22(25)19-13-15-20(23)16-14-19/h13-16,18H,3-12,17H2,1-2H3. The summed E-state index contributed by atoms with van der Waals surface area (Å²) < 4.78 is 10.3. The van der Waals surface area contributed by atoms with Crippen LogP contribution in [0.1, 0.15) is 88.4 Å². The van der Waals surface area contributed by atoms with E-state index in [0.717, 1.165) is 12.8 Å². The van der Waals surface area contributed by atoms with Gasteiger partial charge in [0.15, 0.2) is 6.10 Å². The highest BCUT2D eigenvalue weighted by Gasteiger charge is 2.20. The molecule has 0 aliphatic rings. The Morgan fingerprint density at radius 1 is 0.889 bits per heavy atom. The summed E-state index contributed by atoms with van der Waals surface area (Å²) in [7, 11) is 0. The van der Waals surface area contributed by atoms with Gasteiger partial charge in [0.05, 0.1) is 12.2 Å². The first-order valence-electron chi connectivity index (χ1n) is 10.2. The minimum Gasteiger partial charge on any atom is -0.463 e. The lowest BCUT2D eigenvalue weighted by Crippen LogP contribution is -2.26. The van der Waals surface area contributed by atoms with Crippen LogP contribution in [-0.2, 0) is 14.3 Å². The molecule has 0 radical (unpaired) electrons. The molecule has 0 saturated heterocycles. The molecule has 4 nitrogen and oxygen atoms in total. The van der Waals surface area contributed by atoms with Crippen molar-refractivity contribution in [3.8, 4) is 0 Å². The van der Waals surface area contributed by atoms with Crippen molar-refractivity contribution in [2.75, 3.05) is 6.61 Å². The van der Waals surface area contributed by atoms with Gasteiger partial charge in [-0.25, -0.2) is 9.59 Å². The van der Waals surface area contributed by atoms with Crippen molar-refractivity contribution >= 4 is 23.5 Å². The van der Waals surface area contributed by atoms with Crippen LogP contribution in [0.2, 0.25) is 5.02 Å². The Balaban J connectivity index is 2.05. The maximum atomic E-state index is 12.0. The van der Waals surface area contributed by atoms with E-state index in [1.54, 1.807) is 24.3 Å². The Labute approximate surface area is 168 Å². The molecule has 0 saturated carbocycles. The molecule has 1 rings (SSSR count). The summed E-state index contributed by atoms with van der Waals surface area (Å²) in [6, 6.07) is 6.33. The molecular formula is C22H33ClO4. The second-order valence-corrected chi connectivity index (χ2v) is 7.34. The number of carbonyl (C=O) groups is 2. The number of carbonyl (C=O) groups excluding carboxylic acids is 2. The van der Waals surface area contributed by atoms with E-state index in [9.17, 15) is 9.59 Å². The van der Waals surface area contributed by atoms with E-state index in [1.165, 1.54) is 58.3 Å². The summed E-state index contributed by atoms with van der Waals surface area (Å²) in [5.41, 5.74) is 0.355. The third-order valence-corrected chi connectivity index (χ3v) is 4.69. The fourth-order valence-corrected chi connectivity index (χ4v) is 2.87. The molecule has 0 bridgehead atoms. The van der Waals surface area contributed by atoms with Crippen molar-refractivity contribution < 1.29 is 19.1 Å². The number of ether oxygens (including phenoxy) is 2. The average Bonchev–Trinajstić information content (AvgIpc) is 2.66. The molecule has 0 aliphatic heterocycles. The lowest BCUT2D eigenvalue weighted by Gasteiger charge is -2.13. The van der Waals surface area contributed by atoms with Crippen LogP contribution in [0.5, 0.6) is 0 Å². The Kier molecular flexibility index (Phi) is 12.6. The number of halogens is 1. The van der Waals surface area contributed by atoms with Crippen LogP contribution in [-0.4, -0.2) is 24.6 Å². The van der Waals surface area contributed by atoms with E-state index >= 15 is 0 Å². The van der Waals surface area contributed by atoms with Gasteiger partial charge in [0, 0.05) is 5.02 Å². The summed E-state index contributed by atoms with van der Waals surface area (Å²) in [6.45, 7) is 4.13. The molecule has 0 aliphatic carbocycles. The van der Waals surface area contributed by atoms with Gasteiger partial charge in [0.25, 0.3) is 0 Å². The van der Waals surface area contributed by atoms with Gasteiger partial charge in [-0.15, -0.1) is 0 Å². The second-order valence-electron chi connectivity index (χ2n) is 6.90. The highest BCUT2D eigenvalue weighted by atomic mass is 35.5. The second kappa shape index (κ2) is 14.5. The first kappa shape index (κ1) is 23.5. The molecule has 1 aromatic carbocycles. The van der Waals surface area contributed by atoms with E-state index in [1.807, 2.05) is 0 Å². The van der Waals surface area contributed by atoms with Crippen molar-refractivity contribution in [1.82, 2.24) is 0 Å². The number of benzene rings is 1. The third-order valence-electron chi connectivity index (χ3n) is 4.44. The summed E-state index contributed by atoms with van der Waals surface area (Å²) in [6.07, 6.45) is 11.4. The zero-order valence-corrected chi connectivity index (χ0v) is 17.4. The molecule has 1 unspecified atom stereocenters. The zero-order chi connectivity index (χ0) is 19.9. The van der Waals surface area contributed by atoms with E-state index < -0.39 is 18.0 Å². The summed E-state index contributed by atoms with van der Waals surface area (Å²) in [5.74, 6) is -1.07. The molecule has 27 heavy (non-hydrogen) atoms. The van der Waals surface area contributed by atoms with E-state index in [2.05, 4.69) is 6.92 Å². The van der Waals surface area contributed by atoms with Crippen LogP contribution in [0.25, 0.3) is 0 Å². The largest absolute Gasteiger partial charge is 0.463 e. The number of esters is 2. The highest BCUT2D eigenvalue weighted by molar-refractivity contribution is 6.30. The molecule has 0 amide bonds. The van der Waals surface area contributed by atoms with E-state index in [-0.39, 0.29) is 0 Å². The minimum absolute atomic E-state index is 0.355. The predicted octanol–water partition coefficient (Wildman–Crippen LogP) is 6.35.